The lowest BCUT2D eigenvalue weighted by molar-refractivity contribution is -0.122. The Morgan fingerprint density at radius 3 is 2.59 bits per heavy atom. The molecule has 1 saturated heterocycles. The lowest BCUT2D eigenvalue weighted by atomic mass is 10.2. The van der Waals surface area contributed by atoms with Crippen LogP contribution < -0.4 is 4.90 Å². The number of nitrogens with zero attached hydrogens (tertiary/aromatic N) is 3. The lowest BCUT2D eigenvalue weighted by Crippen LogP contribution is -2.30. The van der Waals surface area contributed by atoms with Crippen molar-refractivity contribution in [2.45, 2.75) is 38.5 Å². The highest BCUT2D eigenvalue weighted by atomic mass is 32.2. The van der Waals surface area contributed by atoms with E-state index in [1.807, 2.05) is 17.0 Å². The standard InChI is InChI=1S/C23H25N3OS2/c1-4-6-14-26-21(27)20(29-23(26)24-17-11-9-10-16(3)15-17)22-25(5-2)18-12-7-8-13-19(18)28-22/h7-13,15H,4-6,14H2,1-3H3/b22-20-,24-23?. The number of hydrogen-bond acceptors (Lipinski definition) is 5. The summed E-state index contributed by atoms with van der Waals surface area (Å²) in [7, 11) is 0. The number of carbonyl (C=O) groups excluding carboxylic acids is 1. The molecule has 1 fully saturated rings. The Morgan fingerprint density at radius 2 is 1.83 bits per heavy atom. The first-order chi connectivity index (χ1) is 14.1. The second-order valence-corrected chi connectivity index (χ2v) is 9.10. The molecule has 4 nitrogen and oxygen atoms in total. The smallest absolute Gasteiger partial charge is 0.269 e. The first kappa shape index (κ1) is 20.1. The Balaban J connectivity index is 1.74. The maximum atomic E-state index is 13.4. The molecule has 0 bridgehead atoms. The average Bonchev–Trinajstić information content (AvgIpc) is 3.23. The highest BCUT2D eigenvalue weighted by Crippen LogP contribution is 2.50. The van der Waals surface area contributed by atoms with E-state index in [1.54, 1.807) is 11.8 Å². The predicted octanol–water partition coefficient (Wildman–Crippen LogP) is 6.16. The zero-order chi connectivity index (χ0) is 20.4. The van der Waals surface area contributed by atoms with Crippen molar-refractivity contribution in [1.82, 2.24) is 4.90 Å². The van der Waals surface area contributed by atoms with Crippen LogP contribution in [0.3, 0.4) is 0 Å². The number of rotatable bonds is 5. The summed E-state index contributed by atoms with van der Waals surface area (Å²) < 4.78 is 0. The van der Waals surface area contributed by atoms with Gasteiger partial charge in [-0.05, 0) is 61.9 Å². The molecule has 0 saturated carbocycles. The van der Waals surface area contributed by atoms with Crippen LogP contribution in [-0.4, -0.2) is 29.1 Å². The van der Waals surface area contributed by atoms with Gasteiger partial charge in [-0.25, -0.2) is 4.99 Å². The number of para-hydroxylation sites is 1. The Hall–Kier alpha value is -2.18. The van der Waals surface area contributed by atoms with Crippen LogP contribution in [0.15, 0.2) is 68.4 Å². The largest absolute Gasteiger partial charge is 0.334 e. The summed E-state index contributed by atoms with van der Waals surface area (Å²) in [4.78, 5) is 24.3. The van der Waals surface area contributed by atoms with Crippen LogP contribution >= 0.6 is 23.5 Å². The van der Waals surface area contributed by atoms with E-state index in [4.69, 9.17) is 4.99 Å². The molecule has 0 aromatic heterocycles. The van der Waals surface area contributed by atoms with Gasteiger partial charge >= 0.3 is 0 Å². The summed E-state index contributed by atoms with van der Waals surface area (Å²) in [6.45, 7) is 7.87. The fourth-order valence-electron chi connectivity index (χ4n) is 3.46. The molecule has 150 valence electrons. The maximum Gasteiger partial charge on any atom is 0.269 e. The molecule has 2 aromatic carbocycles. The quantitative estimate of drug-likeness (QED) is 0.540. The number of unbranched alkanes of at least 4 members (excludes halogenated alkanes) is 1. The van der Waals surface area contributed by atoms with Crippen molar-refractivity contribution >= 4 is 46.0 Å². The zero-order valence-electron chi connectivity index (χ0n) is 17.0. The van der Waals surface area contributed by atoms with E-state index in [0.29, 0.717) is 6.54 Å². The molecule has 2 aliphatic heterocycles. The van der Waals surface area contributed by atoms with Crippen LogP contribution in [-0.2, 0) is 4.79 Å². The normalized spacial score (nSPS) is 20.1. The van der Waals surface area contributed by atoms with Crippen LogP contribution in [0.5, 0.6) is 0 Å². The third-order valence-electron chi connectivity index (χ3n) is 4.94. The Labute approximate surface area is 181 Å². The zero-order valence-corrected chi connectivity index (χ0v) is 18.6. The van der Waals surface area contributed by atoms with Crippen molar-refractivity contribution < 1.29 is 4.79 Å². The monoisotopic (exact) mass is 423 g/mol. The van der Waals surface area contributed by atoms with Crippen LogP contribution in [0.25, 0.3) is 0 Å². The van der Waals surface area contributed by atoms with E-state index >= 15 is 0 Å². The number of fused-ring (bicyclic) bond motifs is 1. The minimum atomic E-state index is 0.0728. The molecule has 0 radical (unpaired) electrons. The van der Waals surface area contributed by atoms with E-state index < -0.39 is 0 Å². The SMILES string of the molecule is CCCCN1C(=O)/C(=C2/Sc3ccccc3N2CC)SC1=Nc1cccc(C)c1. The molecular formula is C23H25N3OS2. The van der Waals surface area contributed by atoms with Gasteiger partial charge in [0.1, 0.15) is 9.93 Å². The maximum absolute atomic E-state index is 13.4. The summed E-state index contributed by atoms with van der Waals surface area (Å²) in [5.74, 6) is 0.0728. The molecule has 2 aliphatic rings. The van der Waals surface area contributed by atoms with Gasteiger partial charge in [0, 0.05) is 18.0 Å². The van der Waals surface area contributed by atoms with Crippen molar-refractivity contribution in [2.75, 3.05) is 18.0 Å². The van der Waals surface area contributed by atoms with Gasteiger partial charge in [-0.2, -0.15) is 0 Å². The number of thioether (sulfide) groups is 2. The van der Waals surface area contributed by atoms with E-state index in [2.05, 4.69) is 62.1 Å². The molecule has 0 aliphatic carbocycles. The second kappa shape index (κ2) is 8.67. The lowest BCUT2D eigenvalue weighted by Gasteiger charge is -2.19. The highest BCUT2D eigenvalue weighted by molar-refractivity contribution is 8.19. The summed E-state index contributed by atoms with van der Waals surface area (Å²) in [5.41, 5.74) is 3.24. The third kappa shape index (κ3) is 3.96. The number of amidine groups is 1. The Morgan fingerprint density at radius 1 is 1.00 bits per heavy atom. The number of amides is 1. The van der Waals surface area contributed by atoms with Crippen LogP contribution in [0.2, 0.25) is 0 Å². The minimum absolute atomic E-state index is 0.0728. The molecule has 6 heteroatoms. The summed E-state index contributed by atoms with van der Waals surface area (Å²) >= 11 is 3.20. The van der Waals surface area contributed by atoms with Crippen molar-refractivity contribution in [2.24, 2.45) is 4.99 Å². The number of benzene rings is 2. The number of carbonyl (C=O) groups is 1. The van der Waals surface area contributed by atoms with E-state index in [9.17, 15) is 4.79 Å². The number of anilines is 1. The summed E-state index contributed by atoms with van der Waals surface area (Å²) in [6.07, 6.45) is 2.01. The number of aliphatic imine (C=N–C) groups is 1. The van der Waals surface area contributed by atoms with E-state index in [0.717, 1.165) is 40.2 Å². The predicted molar refractivity (Wildman–Crippen MR) is 125 cm³/mol. The Bertz CT molecular complexity index is 999. The molecule has 4 rings (SSSR count). The molecule has 2 heterocycles. The number of hydrogen-bond donors (Lipinski definition) is 0. The van der Waals surface area contributed by atoms with Gasteiger partial charge in [-0.1, -0.05) is 49.4 Å². The third-order valence-corrected chi connectivity index (χ3v) is 7.32. The van der Waals surface area contributed by atoms with Crippen LogP contribution in [0.4, 0.5) is 11.4 Å². The first-order valence-corrected chi connectivity index (χ1v) is 11.7. The van der Waals surface area contributed by atoms with Crippen molar-refractivity contribution in [3.63, 3.8) is 0 Å². The van der Waals surface area contributed by atoms with Gasteiger partial charge in [0.2, 0.25) is 0 Å². The minimum Gasteiger partial charge on any atom is -0.334 e. The molecular weight excluding hydrogens is 398 g/mol. The fraction of sp³-hybridized carbons (Fsp3) is 0.304. The van der Waals surface area contributed by atoms with Crippen molar-refractivity contribution in [3.8, 4) is 0 Å². The van der Waals surface area contributed by atoms with Gasteiger partial charge in [-0.3, -0.25) is 9.69 Å². The molecule has 0 unspecified atom stereocenters. The fourth-order valence-corrected chi connectivity index (χ4v) is 5.88. The molecule has 2 aromatic rings. The molecule has 0 N–H and O–H groups in total. The second-order valence-electron chi connectivity index (χ2n) is 7.09. The summed E-state index contributed by atoms with van der Waals surface area (Å²) in [5, 5.41) is 1.81. The van der Waals surface area contributed by atoms with E-state index in [1.165, 1.54) is 27.9 Å². The Kier molecular flexibility index (Phi) is 6.01. The van der Waals surface area contributed by atoms with Gasteiger partial charge in [0.25, 0.3) is 5.91 Å². The van der Waals surface area contributed by atoms with E-state index in [-0.39, 0.29) is 5.91 Å². The van der Waals surface area contributed by atoms with Crippen LogP contribution in [0.1, 0.15) is 32.3 Å². The van der Waals surface area contributed by atoms with Crippen molar-refractivity contribution in [1.29, 1.82) is 0 Å². The van der Waals surface area contributed by atoms with Gasteiger partial charge in [-0.15, -0.1) is 0 Å². The molecule has 29 heavy (non-hydrogen) atoms. The van der Waals surface area contributed by atoms with Gasteiger partial charge < -0.3 is 4.90 Å². The summed E-state index contributed by atoms with van der Waals surface area (Å²) in [6, 6.07) is 16.5. The molecule has 0 atom stereocenters. The van der Waals surface area contributed by atoms with Gasteiger partial charge in [0.05, 0.1) is 11.4 Å². The van der Waals surface area contributed by atoms with Crippen LogP contribution in [0, 0.1) is 6.92 Å². The highest BCUT2D eigenvalue weighted by Gasteiger charge is 2.39. The average molecular weight is 424 g/mol. The topological polar surface area (TPSA) is 35.9 Å². The number of aryl methyl sites for hydroxylation is 1. The van der Waals surface area contributed by atoms with Gasteiger partial charge in [0.15, 0.2) is 5.17 Å². The first-order valence-electron chi connectivity index (χ1n) is 10.1. The molecule has 0 spiro atoms. The molecule has 1 amide bonds. The van der Waals surface area contributed by atoms with Crippen molar-refractivity contribution in [3.05, 3.63) is 64.0 Å².